The molecule has 1 unspecified atom stereocenters. The number of nitrogens with zero attached hydrogens (tertiary/aromatic N) is 3. The highest BCUT2D eigenvalue weighted by Gasteiger charge is 2.27. The smallest absolute Gasteiger partial charge is 0.223 e. The van der Waals surface area contributed by atoms with E-state index in [1.807, 2.05) is 29.2 Å². The molecule has 6 heteroatoms. The Morgan fingerprint density at radius 2 is 1.47 bits per heavy atom. The van der Waals surface area contributed by atoms with Crippen molar-refractivity contribution in [3.05, 3.63) is 95.7 Å². The zero-order chi connectivity index (χ0) is 26.5. The Morgan fingerprint density at radius 1 is 0.842 bits per heavy atom. The molecular weight excluding hydrogens is 474 g/mol. The maximum Gasteiger partial charge on any atom is 0.223 e. The molecule has 1 amide bonds. The highest BCUT2D eigenvalue weighted by Crippen LogP contribution is 2.36. The Morgan fingerprint density at radius 3 is 2.11 bits per heavy atom. The van der Waals surface area contributed by atoms with E-state index in [1.165, 1.54) is 22.0 Å². The molecule has 0 radical (unpaired) electrons. The van der Waals surface area contributed by atoms with Crippen molar-refractivity contribution >= 4 is 16.8 Å². The van der Waals surface area contributed by atoms with E-state index in [9.17, 15) is 4.79 Å². The summed E-state index contributed by atoms with van der Waals surface area (Å²) in [5.74, 6) is 1.83. The average Bonchev–Trinajstić information content (AvgIpc) is 3.34. The van der Waals surface area contributed by atoms with Crippen LogP contribution < -0.4 is 9.47 Å². The van der Waals surface area contributed by atoms with E-state index in [0.717, 1.165) is 56.3 Å². The van der Waals surface area contributed by atoms with Gasteiger partial charge in [0.2, 0.25) is 5.91 Å². The predicted octanol–water partition coefficient (Wildman–Crippen LogP) is 5.39. The summed E-state index contributed by atoms with van der Waals surface area (Å²) in [5.41, 5.74) is 4.67. The van der Waals surface area contributed by atoms with Crippen LogP contribution in [0.5, 0.6) is 11.5 Å². The van der Waals surface area contributed by atoms with Crippen LogP contribution in [-0.4, -0.2) is 67.2 Å². The van der Waals surface area contributed by atoms with Gasteiger partial charge in [0.1, 0.15) is 11.5 Å². The molecule has 1 fully saturated rings. The minimum absolute atomic E-state index is 0.0559. The number of hydrogen-bond acceptors (Lipinski definition) is 4. The highest BCUT2D eigenvalue weighted by atomic mass is 16.5. The number of methoxy groups -OCH3 is 2. The number of ether oxygens (including phenoxy) is 2. The SMILES string of the molecule is CCN1CCN(C(=O)CC(c2ccc(OC)cc2)c2cn(Cc3ccc(OC)cc3)c3ccccc23)CC1. The van der Waals surface area contributed by atoms with Crippen molar-refractivity contribution in [2.45, 2.75) is 25.8 Å². The second-order valence-electron chi connectivity index (χ2n) is 9.92. The second-order valence-corrected chi connectivity index (χ2v) is 9.92. The van der Waals surface area contributed by atoms with Crippen LogP contribution in [-0.2, 0) is 11.3 Å². The third-order valence-corrected chi connectivity index (χ3v) is 7.78. The zero-order valence-electron chi connectivity index (χ0n) is 22.6. The molecule has 3 aromatic carbocycles. The average molecular weight is 512 g/mol. The van der Waals surface area contributed by atoms with E-state index in [-0.39, 0.29) is 11.8 Å². The molecule has 38 heavy (non-hydrogen) atoms. The Balaban J connectivity index is 1.50. The molecule has 1 aromatic heterocycles. The van der Waals surface area contributed by atoms with E-state index in [4.69, 9.17) is 9.47 Å². The second kappa shape index (κ2) is 11.7. The Kier molecular flexibility index (Phi) is 7.99. The number of likely N-dealkylation sites (N-methyl/N-ethyl adjacent to an activating group) is 1. The first-order chi connectivity index (χ1) is 18.6. The minimum Gasteiger partial charge on any atom is -0.497 e. The molecule has 1 aliphatic heterocycles. The van der Waals surface area contributed by atoms with Crippen LogP contribution in [0.1, 0.15) is 36.0 Å². The van der Waals surface area contributed by atoms with Crippen LogP contribution in [0.25, 0.3) is 10.9 Å². The number of benzene rings is 3. The summed E-state index contributed by atoms with van der Waals surface area (Å²) in [6.45, 7) is 7.42. The standard InChI is InChI=1S/C32H37N3O3/c1-4-33-17-19-34(20-18-33)32(36)21-29(25-11-15-27(38-3)16-12-25)30-23-35(31-8-6-5-7-28(30)31)22-24-9-13-26(37-2)14-10-24/h5-16,23,29H,4,17-22H2,1-3H3. The number of para-hydroxylation sites is 1. The molecule has 0 saturated carbocycles. The fourth-order valence-electron chi connectivity index (χ4n) is 5.47. The van der Waals surface area contributed by atoms with Gasteiger partial charge >= 0.3 is 0 Å². The molecule has 2 heterocycles. The summed E-state index contributed by atoms with van der Waals surface area (Å²) >= 11 is 0. The number of carbonyl (C=O) groups is 1. The van der Waals surface area contributed by atoms with Crippen molar-refractivity contribution in [1.29, 1.82) is 0 Å². The van der Waals surface area contributed by atoms with Crippen molar-refractivity contribution in [3.63, 3.8) is 0 Å². The summed E-state index contributed by atoms with van der Waals surface area (Å²) in [7, 11) is 3.36. The molecule has 1 saturated heterocycles. The Labute approximate surface area is 225 Å². The van der Waals surface area contributed by atoms with E-state index in [0.29, 0.717) is 6.42 Å². The van der Waals surface area contributed by atoms with Gasteiger partial charge in [-0.2, -0.15) is 0 Å². The number of rotatable bonds is 9. The number of piperazine rings is 1. The third-order valence-electron chi connectivity index (χ3n) is 7.78. The topological polar surface area (TPSA) is 46.9 Å². The zero-order valence-corrected chi connectivity index (χ0v) is 22.6. The first kappa shape index (κ1) is 25.9. The van der Waals surface area contributed by atoms with Gasteiger partial charge in [-0.15, -0.1) is 0 Å². The summed E-state index contributed by atoms with van der Waals surface area (Å²) in [6, 6.07) is 24.9. The van der Waals surface area contributed by atoms with E-state index in [1.54, 1.807) is 14.2 Å². The van der Waals surface area contributed by atoms with Gasteiger partial charge in [0.15, 0.2) is 0 Å². The highest BCUT2D eigenvalue weighted by molar-refractivity contribution is 5.87. The number of amides is 1. The summed E-state index contributed by atoms with van der Waals surface area (Å²) in [6.07, 6.45) is 2.68. The fourth-order valence-corrected chi connectivity index (χ4v) is 5.47. The summed E-state index contributed by atoms with van der Waals surface area (Å²) in [5, 5.41) is 1.19. The first-order valence-electron chi connectivity index (χ1n) is 13.4. The van der Waals surface area contributed by atoms with Crippen molar-refractivity contribution in [2.75, 3.05) is 46.9 Å². The van der Waals surface area contributed by atoms with Crippen LogP contribution >= 0.6 is 0 Å². The Hall–Kier alpha value is -3.77. The van der Waals surface area contributed by atoms with Gasteiger partial charge in [-0.05, 0) is 53.6 Å². The van der Waals surface area contributed by atoms with Gasteiger partial charge in [-0.25, -0.2) is 0 Å². The molecule has 0 spiro atoms. The Bertz CT molecular complexity index is 1350. The van der Waals surface area contributed by atoms with Crippen LogP contribution in [0.2, 0.25) is 0 Å². The molecule has 5 rings (SSSR count). The third kappa shape index (κ3) is 5.55. The van der Waals surface area contributed by atoms with Gasteiger partial charge < -0.3 is 23.8 Å². The fraction of sp³-hybridized carbons (Fsp3) is 0.344. The lowest BCUT2D eigenvalue weighted by Gasteiger charge is -2.34. The molecule has 1 atom stereocenters. The van der Waals surface area contributed by atoms with E-state index >= 15 is 0 Å². The molecular formula is C32H37N3O3. The van der Waals surface area contributed by atoms with Crippen LogP contribution in [0.4, 0.5) is 0 Å². The lowest BCUT2D eigenvalue weighted by molar-refractivity contribution is -0.133. The molecule has 198 valence electrons. The molecule has 6 nitrogen and oxygen atoms in total. The lowest BCUT2D eigenvalue weighted by Crippen LogP contribution is -2.48. The van der Waals surface area contributed by atoms with Crippen molar-refractivity contribution in [3.8, 4) is 11.5 Å². The van der Waals surface area contributed by atoms with E-state index in [2.05, 4.69) is 71.1 Å². The molecule has 0 N–H and O–H groups in total. The summed E-state index contributed by atoms with van der Waals surface area (Å²) < 4.78 is 13.1. The van der Waals surface area contributed by atoms with Crippen LogP contribution in [0, 0.1) is 0 Å². The van der Waals surface area contributed by atoms with Gasteiger partial charge in [-0.3, -0.25) is 4.79 Å². The van der Waals surface area contributed by atoms with Gasteiger partial charge in [0.25, 0.3) is 0 Å². The molecule has 1 aliphatic rings. The lowest BCUT2D eigenvalue weighted by atomic mass is 9.87. The maximum atomic E-state index is 13.6. The van der Waals surface area contributed by atoms with Crippen LogP contribution in [0.15, 0.2) is 79.0 Å². The quantitative estimate of drug-likeness (QED) is 0.302. The number of fused-ring (bicyclic) bond motifs is 1. The minimum atomic E-state index is -0.0559. The molecule has 0 bridgehead atoms. The summed E-state index contributed by atoms with van der Waals surface area (Å²) in [4.78, 5) is 18.1. The van der Waals surface area contributed by atoms with Crippen molar-refractivity contribution < 1.29 is 14.3 Å². The number of hydrogen-bond donors (Lipinski definition) is 0. The normalized spacial score (nSPS) is 15.0. The van der Waals surface area contributed by atoms with Crippen molar-refractivity contribution in [2.24, 2.45) is 0 Å². The van der Waals surface area contributed by atoms with Crippen molar-refractivity contribution in [1.82, 2.24) is 14.4 Å². The molecule has 0 aliphatic carbocycles. The monoisotopic (exact) mass is 511 g/mol. The largest absolute Gasteiger partial charge is 0.497 e. The van der Waals surface area contributed by atoms with E-state index < -0.39 is 0 Å². The number of aromatic nitrogens is 1. The maximum absolute atomic E-state index is 13.6. The van der Waals surface area contributed by atoms with Gasteiger partial charge in [0.05, 0.1) is 14.2 Å². The van der Waals surface area contributed by atoms with Crippen LogP contribution in [0.3, 0.4) is 0 Å². The van der Waals surface area contributed by atoms with Gasteiger partial charge in [-0.1, -0.05) is 49.4 Å². The number of carbonyl (C=O) groups excluding carboxylic acids is 1. The molecule has 4 aromatic rings. The van der Waals surface area contributed by atoms with Gasteiger partial charge in [0, 0.05) is 62.2 Å². The predicted molar refractivity (Wildman–Crippen MR) is 152 cm³/mol. The first-order valence-corrected chi connectivity index (χ1v) is 13.4.